The molecule has 20 nitrogen and oxygen atoms in total. The van der Waals surface area contributed by atoms with Gasteiger partial charge < -0.3 is 88.2 Å². The molecule has 558 valence electrons. The van der Waals surface area contributed by atoms with Crippen LogP contribution in [0.3, 0.4) is 0 Å². The van der Waals surface area contributed by atoms with E-state index in [1.807, 2.05) is 106 Å². The molecule has 0 aromatic rings. The van der Waals surface area contributed by atoms with Gasteiger partial charge in [-0.25, -0.2) is 9.59 Å². The Balaban J connectivity index is 1.35. The molecule has 5 aliphatic heterocycles. The summed E-state index contributed by atoms with van der Waals surface area (Å²) < 4.78 is 61.1. The second kappa shape index (κ2) is 43.0. The number of methoxy groups -OCH3 is 4. The lowest BCUT2D eigenvalue weighted by Gasteiger charge is -2.38. The molecule has 0 amide bonds. The average molecular weight is 1380 g/mol. The molecule has 5 aliphatic rings. The number of aliphatic hydroxyl groups is 8. The molecule has 0 aromatic heterocycles. The van der Waals surface area contributed by atoms with Crippen molar-refractivity contribution in [1.29, 1.82) is 0 Å². The van der Waals surface area contributed by atoms with Gasteiger partial charge in [0.05, 0.1) is 122 Å². The second-order valence-corrected chi connectivity index (χ2v) is 29.9. The van der Waals surface area contributed by atoms with Crippen LogP contribution in [0.15, 0.2) is 71.9 Å². The average Bonchev–Trinajstić information content (AvgIpc) is 1.23. The van der Waals surface area contributed by atoms with Gasteiger partial charge in [-0.1, -0.05) is 108 Å². The van der Waals surface area contributed by atoms with E-state index in [0.29, 0.717) is 62.5 Å². The molecule has 5 rings (SSSR count). The fourth-order valence-electron chi connectivity index (χ4n) is 15.0. The van der Waals surface area contributed by atoms with Crippen LogP contribution in [-0.2, 0) is 57.0 Å². The van der Waals surface area contributed by atoms with Gasteiger partial charge in [0.2, 0.25) is 0 Å². The minimum Gasteiger partial charge on any atom is -0.459 e. The molecule has 2 saturated heterocycles. The zero-order chi connectivity index (χ0) is 71.6. The van der Waals surface area contributed by atoms with E-state index in [1.54, 1.807) is 47.5 Å². The SMILES string of the molecule is CO[C@@H]1C[C@@H](CC[C@@H](C)[C@@H](O)[C@H](C)[C@H]2C[C@@H](O)C[C@@H](O)[C@H](C)[C@H](OC)C[C@@H]3CC=C[C@H](C[C@@H](O)C/C=C(C)/C=C\C(=O)O[C@@H]([C@@H](C)[C@H](O)[C@H](C)CC[C@@H]4C[C@H](OC)C[C@H](C)O4)[C@H](C)[C@@H](O)C[C@@H](O)[C@@H](C)[C@H](OC)C[C@H]4CC=C[C@H](C[C@@H](O)C/C=C(C)/C=C\C(=O)O2)O4)O3)O[C@H](C)C1. The van der Waals surface area contributed by atoms with Crippen LogP contribution in [0.2, 0.25) is 0 Å². The Hall–Kier alpha value is -3.26. The van der Waals surface area contributed by atoms with Gasteiger partial charge in [0.25, 0.3) is 0 Å². The Bertz CT molecular complexity index is 2450. The van der Waals surface area contributed by atoms with Crippen molar-refractivity contribution in [2.24, 2.45) is 41.4 Å². The van der Waals surface area contributed by atoms with Gasteiger partial charge in [-0.3, -0.25) is 0 Å². The van der Waals surface area contributed by atoms with Crippen LogP contribution in [0, 0.1) is 41.4 Å². The Morgan fingerprint density at radius 3 is 1.33 bits per heavy atom. The molecule has 29 atom stereocenters. The van der Waals surface area contributed by atoms with Crippen LogP contribution >= 0.6 is 0 Å². The molecule has 0 unspecified atom stereocenters. The highest BCUT2D eigenvalue weighted by Gasteiger charge is 2.41. The summed E-state index contributed by atoms with van der Waals surface area (Å²) in [5.41, 5.74) is 1.39. The van der Waals surface area contributed by atoms with Crippen molar-refractivity contribution >= 4 is 11.9 Å². The molecule has 0 spiro atoms. The van der Waals surface area contributed by atoms with E-state index in [-0.39, 0.29) is 106 Å². The van der Waals surface area contributed by atoms with Crippen molar-refractivity contribution in [3.05, 3.63) is 71.9 Å². The molecule has 97 heavy (non-hydrogen) atoms. The normalized spacial score (nSPS) is 40.6. The fraction of sp³-hybridized carbons (Fsp3) is 0.818. The van der Waals surface area contributed by atoms with Gasteiger partial charge in [-0.2, -0.15) is 0 Å². The first kappa shape index (κ1) is 84.4. The molecule has 0 radical (unpaired) electrons. The number of hydrogen-bond donors (Lipinski definition) is 8. The van der Waals surface area contributed by atoms with E-state index in [1.165, 1.54) is 12.2 Å². The third-order valence-electron chi connectivity index (χ3n) is 21.8. The smallest absolute Gasteiger partial charge is 0.331 e. The highest BCUT2D eigenvalue weighted by atomic mass is 16.6. The summed E-state index contributed by atoms with van der Waals surface area (Å²) in [6.07, 6.45) is 14.2. The summed E-state index contributed by atoms with van der Waals surface area (Å²) in [5.74, 6) is -4.71. The number of fused-ring (bicyclic) bond motifs is 4. The number of ether oxygens (including phenoxy) is 10. The number of allylic oxidation sites excluding steroid dienone is 4. The molecule has 5 heterocycles. The third-order valence-corrected chi connectivity index (χ3v) is 21.8. The van der Waals surface area contributed by atoms with Gasteiger partial charge in [0.15, 0.2) is 0 Å². The maximum Gasteiger partial charge on any atom is 0.331 e. The summed E-state index contributed by atoms with van der Waals surface area (Å²) in [7, 11) is 6.58. The Morgan fingerprint density at radius 1 is 0.464 bits per heavy atom. The van der Waals surface area contributed by atoms with E-state index in [2.05, 4.69) is 0 Å². The van der Waals surface area contributed by atoms with Crippen molar-refractivity contribution in [3.8, 4) is 0 Å². The zero-order valence-electron chi connectivity index (χ0n) is 61.4. The van der Waals surface area contributed by atoms with E-state index in [9.17, 15) is 50.4 Å². The van der Waals surface area contributed by atoms with E-state index in [4.69, 9.17) is 47.4 Å². The summed E-state index contributed by atoms with van der Waals surface area (Å²) >= 11 is 0. The number of rotatable bonds is 16. The van der Waals surface area contributed by atoms with Crippen molar-refractivity contribution < 1.29 is 97.8 Å². The second-order valence-electron chi connectivity index (χ2n) is 29.9. The lowest BCUT2D eigenvalue weighted by Crippen LogP contribution is -2.45. The van der Waals surface area contributed by atoms with Crippen LogP contribution in [0.25, 0.3) is 0 Å². The Morgan fingerprint density at radius 2 is 0.887 bits per heavy atom. The summed E-state index contributed by atoms with van der Waals surface area (Å²) in [5, 5.41) is 93.8. The van der Waals surface area contributed by atoms with E-state index >= 15 is 0 Å². The van der Waals surface area contributed by atoms with Gasteiger partial charge in [-0.15, -0.1) is 0 Å². The summed E-state index contributed by atoms with van der Waals surface area (Å²) in [6.45, 7) is 20.7. The first-order chi connectivity index (χ1) is 46.0. The standard InChI is InChI=1S/C77H130O20/c1-45-22-28-56(78)36-60-19-17-21-62(95-60)43-71(91-15)52(8)68(82)44-69(83)53(9)77(55(11)76(87)48(4)27-31-64-41-66(89-13)35-50(6)93-64)97-74(85)33-25-46(2)23-29-57(79)37-59-18-16-20-61(94-59)42-70(90-14)51(7)67(81)38-58(80)39-72(96-73(84)32-24-45)54(10)75(86)47(3)26-30-63-40-65(88-12)34-49(5)92-63/h16-19,22-25,32-33,47-72,75-83,86-87H,20-21,26-31,34-44H2,1-15H3/b32-24-,33-25-,45-22+,46-23+/t47-,48-,49-,50+,51+,52-,53-,54-,55+,56+,57+,58+,59-,60-,61+,62-,63-,64-,65+,66-,67-,68-,69+,70-,71-,72-,75-,76-,77-/m1/s1. The third kappa shape index (κ3) is 28.8. The molecule has 0 aliphatic carbocycles. The van der Waals surface area contributed by atoms with Gasteiger partial charge in [-0.05, 0) is 129 Å². The minimum atomic E-state index is -1.16. The van der Waals surface area contributed by atoms with Crippen molar-refractivity contribution in [2.75, 3.05) is 28.4 Å². The van der Waals surface area contributed by atoms with Crippen LogP contribution in [0.1, 0.15) is 198 Å². The van der Waals surface area contributed by atoms with Gasteiger partial charge >= 0.3 is 11.9 Å². The first-order valence-electron chi connectivity index (χ1n) is 36.6. The molecule has 2 fully saturated rings. The lowest BCUT2D eigenvalue weighted by molar-refractivity contribution is -0.157. The predicted octanol–water partition coefficient (Wildman–Crippen LogP) is 9.86. The highest BCUT2D eigenvalue weighted by molar-refractivity contribution is 5.83. The van der Waals surface area contributed by atoms with Crippen LogP contribution in [0.5, 0.6) is 0 Å². The minimum absolute atomic E-state index is 0.0237. The van der Waals surface area contributed by atoms with Gasteiger partial charge in [0.1, 0.15) is 12.2 Å². The molecular weight excluding hydrogens is 1240 g/mol. The molecule has 4 bridgehead atoms. The highest BCUT2D eigenvalue weighted by Crippen LogP contribution is 2.36. The van der Waals surface area contributed by atoms with Crippen molar-refractivity contribution in [2.45, 2.75) is 332 Å². The monoisotopic (exact) mass is 1370 g/mol. The number of carbonyl (C=O) groups is 2. The fourth-order valence-corrected chi connectivity index (χ4v) is 15.0. The molecule has 0 aromatic carbocycles. The maximum atomic E-state index is 13.9. The first-order valence-corrected chi connectivity index (χ1v) is 36.6. The number of esters is 2. The molecule has 0 saturated carbocycles. The molecule has 8 N–H and O–H groups in total. The quantitative estimate of drug-likeness (QED) is 0.0527. The number of cyclic esters (lactones) is 2. The van der Waals surface area contributed by atoms with Gasteiger partial charge in [0, 0.05) is 102 Å². The van der Waals surface area contributed by atoms with Crippen molar-refractivity contribution in [3.63, 3.8) is 0 Å². The van der Waals surface area contributed by atoms with Crippen LogP contribution < -0.4 is 0 Å². The van der Waals surface area contributed by atoms with Crippen molar-refractivity contribution in [1.82, 2.24) is 0 Å². The molecule has 20 heteroatoms. The Labute approximate surface area is 581 Å². The largest absolute Gasteiger partial charge is 0.459 e. The zero-order valence-corrected chi connectivity index (χ0v) is 61.4. The van der Waals surface area contributed by atoms with E-state index in [0.717, 1.165) is 25.7 Å². The van der Waals surface area contributed by atoms with Crippen LogP contribution in [-0.4, -0.2) is 216 Å². The topological polar surface area (TPSA) is 288 Å². The maximum absolute atomic E-state index is 13.9. The molecular formula is C77H130O20. The predicted molar refractivity (Wildman–Crippen MR) is 373 cm³/mol. The summed E-state index contributed by atoms with van der Waals surface area (Å²) in [4.78, 5) is 27.7. The number of carbonyl (C=O) groups excluding carboxylic acids is 2. The number of aliphatic hydroxyl groups excluding tert-OH is 8. The van der Waals surface area contributed by atoms with E-state index < -0.39 is 127 Å². The number of hydrogen-bond acceptors (Lipinski definition) is 20. The van der Waals surface area contributed by atoms with Crippen LogP contribution in [0.4, 0.5) is 0 Å². The Kier molecular flexibility index (Phi) is 37.4. The lowest BCUT2D eigenvalue weighted by atomic mass is 9.78. The summed E-state index contributed by atoms with van der Waals surface area (Å²) in [6, 6.07) is 0.